The summed E-state index contributed by atoms with van der Waals surface area (Å²) in [6, 6.07) is 41.1. The number of fused-ring (bicyclic) bond motifs is 4. The molecule has 0 N–H and O–H groups in total. The maximum atomic E-state index is 5.15. The first-order valence-corrected chi connectivity index (χ1v) is 16.5. The van der Waals surface area contributed by atoms with Crippen molar-refractivity contribution in [2.45, 2.75) is 33.6 Å². The van der Waals surface area contributed by atoms with Gasteiger partial charge in [-0.05, 0) is 101 Å². The molecule has 3 nitrogen and oxygen atoms in total. The Balaban J connectivity index is 1.20. The highest BCUT2D eigenvalue weighted by Gasteiger charge is 2.22. The molecular formula is C44H37N3. The molecule has 0 bridgehead atoms. The van der Waals surface area contributed by atoms with Crippen LogP contribution in [-0.4, -0.2) is 15.3 Å². The monoisotopic (exact) mass is 607 g/mol. The van der Waals surface area contributed by atoms with Crippen molar-refractivity contribution in [1.29, 1.82) is 0 Å². The second-order valence-electron chi connectivity index (χ2n) is 12.9. The molecule has 8 rings (SSSR count). The first-order chi connectivity index (χ1) is 22.9. The lowest BCUT2D eigenvalue weighted by molar-refractivity contribution is 0.725. The smallest absolute Gasteiger partial charge is 0.145 e. The molecule has 1 aliphatic carbocycles. The molecule has 0 fully saturated rings. The second-order valence-corrected chi connectivity index (χ2v) is 12.9. The number of nitrogens with zero attached hydrogens (tertiary/aromatic N) is 3. The van der Waals surface area contributed by atoms with Gasteiger partial charge in [-0.2, -0.15) is 0 Å². The lowest BCUT2D eigenvalue weighted by Crippen LogP contribution is -2.09. The van der Waals surface area contributed by atoms with Crippen LogP contribution in [0.2, 0.25) is 0 Å². The Bertz CT molecular complexity index is 2290. The van der Waals surface area contributed by atoms with E-state index in [1.165, 1.54) is 44.5 Å². The Kier molecular flexibility index (Phi) is 7.18. The summed E-state index contributed by atoms with van der Waals surface area (Å²) in [5.41, 5.74) is 17.4. The predicted molar refractivity (Wildman–Crippen MR) is 198 cm³/mol. The van der Waals surface area contributed by atoms with Crippen molar-refractivity contribution in [3.63, 3.8) is 0 Å². The highest BCUT2D eigenvalue weighted by atomic mass is 15.1. The molecule has 0 saturated carbocycles. The number of rotatable bonds is 4. The number of aromatic nitrogens is 2. The fourth-order valence-corrected chi connectivity index (χ4v) is 7.13. The topological polar surface area (TPSA) is 30.2 Å². The Hall–Kier alpha value is -5.54. The number of imidazole rings is 1. The first kappa shape index (κ1) is 28.9. The molecule has 1 atom stereocenters. The van der Waals surface area contributed by atoms with Gasteiger partial charge in [0.25, 0.3) is 0 Å². The van der Waals surface area contributed by atoms with Crippen molar-refractivity contribution in [1.82, 2.24) is 9.55 Å². The van der Waals surface area contributed by atoms with Gasteiger partial charge in [0.15, 0.2) is 0 Å². The molecule has 6 aromatic rings. The molecule has 1 aromatic heterocycles. The predicted octanol–water partition coefficient (Wildman–Crippen LogP) is 11.2. The summed E-state index contributed by atoms with van der Waals surface area (Å²) in [4.78, 5) is 10.2. The minimum Gasteiger partial charge on any atom is -0.292 e. The van der Waals surface area contributed by atoms with E-state index >= 15 is 0 Å². The molecule has 0 radical (unpaired) electrons. The third-order valence-electron chi connectivity index (χ3n) is 9.71. The van der Waals surface area contributed by atoms with Crippen LogP contribution in [0.25, 0.3) is 44.8 Å². The number of allylic oxidation sites excluding steroid dienone is 4. The molecule has 0 amide bonds. The van der Waals surface area contributed by atoms with Crippen LogP contribution < -0.4 is 0 Å². The van der Waals surface area contributed by atoms with E-state index in [1.807, 2.05) is 6.07 Å². The average Bonchev–Trinajstić information content (AvgIpc) is 3.50. The molecular weight excluding hydrogens is 571 g/mol. The zero-order valence-corrected chi connectivity index (χ0v) is 27.2. The van der Waals surface area contributed by atoms with Crippen LogP contribution in [0.1, 0.15) is 48.1 Å². The minimum absolute atomic E-state index is 0.487. The fraction of sp³-hybridized carbons (Fsp3) is 0.136. The second kappa shape index (κ2) is 11.7. The number of aryl methyl sites for hydroxylation is 1. The number of hydrogen-bond donors (Lipinski definition) is 0. The van der Waals surface area contributed by atoms with Crippen LogP contribution in [0.4, 0.5) is 5.69 Å². The van der Waals surface area contributed by atoms with E-state index in [2.05, 4.69) is 153 Å². The Morgan fingerprint density at radius 1 is 0.766 bits per heavy atom. The maximum absolute atomic E-state index is 5.15. The lowest BCUT2D eigenvalue weighted by Gasteiger charge is -2.22. The van der Waals surface area contributed by atoms with Gasteiger partial charge in [0, 0.05) is 23.4 Å². The van der Waals surface area contributed by atoms with Crippen LogP contribution in [-0.2, 0) is 6.42 Å². The van der Waals surface area contributed by atoms with Gasteiger partial charge in [-0.15, -0.1) is 0 Å². The van der Waals surface area contributed by atoms with Crippen molar-refractivity contribution in [3.05, 3.63) is 167 Å². The molecule has 2 aliphatic rings. The number of hydrogen-bond acceptors (Lipinski definition) is 2. The van der Waals surface area contributed by atoms with Gasteiger partial charge in [-0.1, -0.05) is 117 Å². The average molecular weight is 608 g/mol. The van der Waals surface area contributed by atoms with Gasteiger partial charge in [-0.3, -0.25) is 9.56 Å². The van der Waals surface area contributed by atoms with Crippen LogP contribution >= 0.6 is 0 Å². The molecule has 0 spiro atoms. The van der Waals surface area contributed by atoms with Gasteiger partial charge in [-0.25, -0.2) is 4.98 Å². The summed E-state index contributed by atoms with van der Waals surface area (Å²) in [5, 5.41) is 0. The molecule has 1 aliphatic heterocycles. The summed E-state index contributed by atoms with van der Waals surface area (Å²) in [7, 11) is 0. The number of para-hydroxylation sites is 3. The Morgan fingerprint density at radius 2 is 1.51 bits per heavy atom. The number of benzene rings is 5. The van der Waals surface area contributed by atoms with Crippen molar-refractivity contribution >= 4 is 33.7 Å². The highest BCUT2D eigenvalue weighted by Crippen LogP contribution is 2.39. The van der Waals surface area contributed by atoms with E-state index in [0.29, 0.717) is 5.92 Å². The fourth-order valence-electron chi connectivity index (χ4n) is 7.13. The third-order valence-corrected chi connectivity index (χ3v) is 9.71. The van der Waals surface area contributed by atoms with Gasteiger partial charge in [0.05, 0.1) is 16.7 Å². The minimum atomic E-state index is 0.487. The summed E-state index contributed by atoms with van der Waals surface area (Å²) >= 11 is 0. The van der Waals surface area contributed by atoms with Crippen molar-refractivity contribution in [3.8, 4) is 22.5 Å². The molecule has 228 valence electrons. The van der Waals surface area contributed by atoms with E-state index in [4.69, 9.17) is 9.98 Å². The van der Waals surface area contributed by atoms with Gasteiger partial charge < -0.3 is 0 Å². The summed E-state index contributed by atoms with van der Waals surface area (Å²) in [6.07, 6.45) is 6.52. The molecule has 5 aromatic carbocycles. The zero-order chi connectivity index (χ0) is 32.1. The molecule has 47 heavy (non-hydrogen) atoms. The Morgan fingerprint density at radius 3 is 2.36 bits per heavy atom. The van der Waals surface area contributed by atoms with E-state index in [-0.39, 0.29) is 0 Å². The third kappa shape index (κ3) is 5.18. The van der Waals surface area contributed by atoms with Crippen LogP contribution in [0.5, 0.6) is 0 Å². The quantitative estimate of drug-likeness (QED) is 0.196. The van der Waals surface area contributed by atoms with Gasteiger partial charge in [0.1, 0.15) is 5.82 Å². The van der Waals surface area contributed by atoms with Gasteiger partial charge >= 0.3 is 0 Å². The maximum Gasteiger partial charge on any atom is 0.145 e. The normalized spacial score (nSPS) is 15.6. The molecule has 1 unspecified atom stereocenters. The van der Waals surface area contributed by atoms with Crippen molar-refractivity contribution in [2.75, 3.05) is 0 Å². The van der Waals surface area contributed by atoms with Crippen LogP contribution in [0, 0.1) is 12.8 Å². The summed E-state index contributed by atoms with van der Waals surface area (Å²) in [5.74, 6) is 1.40. The molecule has 0 saturated heterocycles. The summed E-state index contributed by atoms with van der Waals surface area (Å²) < 4.78 is 2.20. The molecule has 2 heterocycles. The lowest BCUT2D eigenvalue weighted by atomic mass is 9.82. The molecule has 3 heteroatoms. The van der Waals surface area contributed by atoms with E-state index in [1.54, 1.807) is 0 Å². The zero-order valence-electron chi connectivity index (χ0n) is 27.2. The van der Waals surface area contributed by atoms with Crippen LogP contribution in [0.3, 0.4) is 0 Å². The first-order valence-electron chi connectivity index (χ1n) is 16.5. The van der Waals surface area contributed by atoms with E-state index in [9.17, 15) is 0 Å². The van der Waals surface area contributed by atoms with Crippen molar-refractivity contribution < 1.29 is 0 Å². The summed E-state index contributed by atoms with van der Waals surface area (Å²) in [6.45, 7) is 11.2. The highest BCUT2D eigenvalue weighted by molar-refractivity contribution is 6.09. The largest absolute Gasteiger partial charge is 0.292 e. The number of aliphatic imine (C=N–C) groups is 1. The van der Waals surface area contributed by atoms with E-state index < -0.39 is 0 Å². The SMILES string of the molecule is C=C(c1ccc(-c2ccc3c(c2)C2=C(CC(C)C=C2)C(C)=Nc2ccccc2C3)cc1)n1c(-c2ccccc2C)nc2ccccc21. The van der Waals surface area contributed by atoms with Crippen LogP contribution in [0.15, 0.2) is 145 Å². The van der Waals surface area contributed by atoms with E-state index in [0.717, 1.165) is 57.9 Å². The standard InChI is InChI=1S/C44H37N3/c1-28-17-24-38-39(25-28)30(3)45-41-14-8-6-12-36(41)26-35-23-22-34(27-40(35)38)33-20-18-32(19-21-33)31(4)47-43-16-10-9-15-42(43)46-44(47)37-13-7-5-11-29(37)2/h5-24,27-28H,4,25-26H2,1-3H3. The van der Waals surface area contributed by atoms with Crippen molar-refractivity contribution in [2.24, 2.45) is 10.9 Å². The Labute approximate surface area is 277 Å². The van der Waals surface area contributed by atoms with Gasteiger partial charge in [0.2, 0.25) is 0 Å².